The smallest absolute Gasteiger partial charge is 0.289 e. The number of morpholine rings is 1. The number of nitrogens with zero attached hydrogens (tertiary/aromatic N) is 2. The molecule has 22 heavy (non-hydrogen) atoms. The van der Waals surface area contributed by atoms with E-state index in [1.165, 1.54) is 0 Å². The molecule has 2 saturated heterocycles. The highest BCUT2D eigenvalue weighted by molar-refractivity contribution is 5.91. The summed E-state index contributed by atoms with van der Waals surface area (Å²) in [5.74, 6) is 1.17. The summed E-state index contributed by atoms with van der Waals surface area (Å²) in [6.07, 6.45) is 1.09. The molecule has 0 saturated carbocycles. The lowest BCUT2D eigenvalue weighted by Crippen LogP contribution is -2.61. The van der Waals surface area contributed by atoms with Crippen LogP contribution in [0, 0.1) is 6.92 Å². The number of aryl methyl sites for hydroxylation is 1. The molecule has 2 aliphatic heterocycles. The summed E-state index contributed by atoms with van der Waals surface area (Å²) in [7, 11) is 1.72. The van der Waals surface area contributed by atoms with E-state index in [-0.39, 0.29) is 18.1 Å². The van der Waals surface area contributed by atoms with Gasteiger partial charge in [-0.05, 0) is 25.5 Å². The quantitative estimate of drug-likeness (QED) is 0.835. The van der Waals surface area contributed by atoms with Crippen LogP contribution in [-0.4, -0.2) is 74.4 Å². The Hall–Kier alpha value is -1.37. The standard InChI is InChI=1S/C16H24N2O4/c1-12-3-4-15(22-12)16(19)18-6-5-14-13(11-18)17(7-9-20-2)8-10-21-14/h3-4,13-14H,5-11H2,1-2H3/t13-,14-/m1/s1. The van der Waals surface area contributed by atoms with Crippen LogP contribution in [0.25, 0.3) is 0 Å². The first-order valence-electron chi connectivity index (χ1n) is 7.89. The van der Waals surface area contributed by atoms with Gasteiger partial charge < -0.3 is 18.8 Å². The van der Waals surface area contributed by atoms with Gasteiger partial charge in [-0.15, -0.1) is 0 Å². The normalized spacial score (nSPS) is 26.0. The highest BCUT2D eigenvalue weighted by Crippen LogP contribution is 2.24. The van der Waals surface area contributed by atoms with Gasteiger partial charge in [0.25, 0.3) is 5.91 Å². The molecule has 1 amide bonds. The average Bonchev–Trinajstić information content (AvgIpc) is 2.98. The Morgan fingerprint density at radius 2 is 2.27 bits per heavy atom. The fraction of sp³-hybridized carbons (Fsp3) is 0.688. The number of hydrogen-bond acceptors (Lipinski definition) is 5. The van der Waals surface area contributed by atoms with Gasteiger partial charge in [-0.3, -0.25) is 9.69 Å². The topological polar surface area (TPSA) is 55.2 Å². The fourth-order valence-corrected chi connectivity index (χ4v) is 3.32. The maximum Gasteiger partial charge on any atom is 0.289 e. The highest BCUT2D eigenvalue weighted by atomic mass is 16.5. The van der Waals surface area contributed by atoms with Crippen LogP contribution < -0.4 is 0 Å². The molecule has 0 aromatic carbocycles. The third-order valence-corrected chi connectivity index (χ3v) is 4.52. The lowest BCUT2D eigenvalue weighted by atomic mass is 9.98. The Kier molecular flexibility index (Phi) is 4.81. The summed E-state index contributed by atoms with van der Waals surface area (Å²) < 4.78 is 16.5. The minimum Gasteiger partial charge on any atom is -0.456 e. The van der Waals surface area contributed by atoms with E-state index in [0.717, 1.165) is 38.4 Å². The summed E-state index contributed by atoms with van der Waals surface area (Å²) in [5.41, 5.74) is 0. The first-order valence-corrected chi connectivity index (χ1v) is 7.89. The molecule has 2 fully saturated rings. The van der Waals surface area contributed by atoms with Gasteiger partial charge in [-0.2, -0.15) is 0 Å². The Morgan fingerprint density at radius 3 is 3.00 bits per heavy atom. The van der Waals surface area contributed by atoms with Crippen molar-refractivity contribution in [3.05, 3.63) is 23.7 Å². The van der Waals surface area contributed by atoms with Gasteiger partial charge in [0.2, 0.25) is 0 Å². The molecule has 2 aliphatic rings. The van der Waals surface area contributed by atoms with Gasteiger partial charge in [0.1, 0.15) is 5.76 Å². The molecule has 0 N–H and O–H groups in total. The number of rotatable bonds is 4. The first kappa shape index (κ1) is 15.5. The van der Waals surface area contributed by atoms with E-state index in [1.54, 1.807) is 13.2 Å². The predicted molar refractivity (Wildman–Crippen MR) is 80.9 cm³/mol. The van der Waals surface area contributed by atoms with Gasteiger partial charge in [0.15, 0.2) is 5.76 Å². The number of hydrogen-bond donors (Lipinski definition) is 0. The zero-order valence-electron chi connectivity index (χ0n) is 13.3. The van der Waals surface area contributed by atoms with E-state index in [9.17, 15) is 4.79 Å². The molecule has 1 aromatic rings. The molecule has 3 rings (SSSR count). The molecule has 0 spiro atoms. The third-order valence-electron chi connectivity index (χ3n) is 4.52. The van der Waals surface area contributed by atoms with Gasteiger partial charge >= 0.3 is 0 Å². The summed E-state index contributed by atoms with van der Waals surface area (Å²) in [5, 5.41) is 0. The molecule has 122 valence electrons. The number of carbonyl (C=O) groups excluding carboxylic acids is 1. The number of ether oxygens (including phenoxy) is 2. The van der Waals surface area contributed by atoms with Crippen molar-refractivity contribution in [1.82, 2.24) is 9.80 Å². The predicted octanol–water partition coefficient (Wildman–Crippen LogP) is 1.15. The van der Waals surface area contributed by atoms with Gasteiger partial charge in [0, 0.05) is 33.3 Å². The molecule has 1 aromatic heterocycles. The van der Waals surface area contributed by atoms with Crippen LogP contribution in [0.3, 0.4) is 0 Å². The van der Waals surface area contributed by atoms with Crippen molar-refractivity contribution < 1.29 is 18.7 Å². The van der Waals surface area contributed by atoms with Crippen molar-refractivity contribution in [2.45, 2.75) is 25.5 Å². The molecular formula is C16H24N2O4. The van der Waals surface area contributed by atoms with Gasteiger partial charge in [-0.25, -0.2) is 0 Å². The van der Waals surface area contributed by atoms with Crippen LogP contribution in [0.1, 0.15) is 22.7 Å². The van der Waals surface area contributed by atoms with Crippen molar-refractivity contribution in [3.8, 4) is 0 Å². The van der Waals surface area contributed by atoms with Gasteiger partial charge in [-0.1, -0.05) is 0 Å². The molecule has 0 bridgehead atoms. The zero-order valence-corrected chi connectivity index (χ0v) is 13.3. The second-order valence-corrected chi connectivity index (χ2v) is 5.96. The van der Waals surface area contributed by atoms with Crippen LogP contribution in [0.2, 0.25) is 0 Å². The van der Waals surface area contributed by atoms with Crippen LogP contribution in [-0.2, 0) is 9.47 Å². The molecule has 2 atom stereocenters. The van der Waals surface area contributed by atoms with Crippen LogP contribution in [0.15, 0.2) is 16.5 Å². The molecule has 3 heterocycles. The number of likely N-dealkylation sites (tertiary alicyclic amines) is 1. The van der Waals surface area contributed by atoms with E-state index in [4.69, 9.17) is 13.9 Å². The fourth-order valence-electron chi connectivity index (χ4n) is 3.32. The van der Waals surface area contributed by atoms with E-state index in [0.29, 0.717) is 18.9 Å². The maximum atomic E-state index is 12.6. The SMILES string of the molecule is COCCN1CCO[C@@H]2CCN(C(=O)c3ccc(C)o3)C[C@H]21. The van der Waals surface area contributed by atoms with Crippen LogP contribution >= 0.6 is 0 Å². The number of methoxy groups -OCH3 is 1. The van der Waals surface area contributed by atoms with Crippen molar-refractivity contribution in [2.24, 2.45) is 0 Å². The van der Waals surface area contributed by atoms with E-state index >= 15 is 0 Å². The minimum absolute atomic E-state index is 0.0242. The first-order chi connectivity index (χ1) is 10.7. The lowest BCUT2D eigenvalue weighted by Gasteiger charge is -2.46. The molecular weight excluding hydrogens is 284 g/mol. The molecule has 0 radical (unpaired) electrons. The molecule has 6 nitrogen and oxygen atoms in total. The molecule has 0 aliphatic carbocycles. The Labute approximate surface area is 131 Å². The maximum absolute atomic E-state index is 12.6. The summed E-state index contributed by atoms with van der Waals surface area (Å²) in [6.45, 7) is 6.50. The monoisotopic (exact) mass is 308 g/mol. The van der Waals surface area contributed by atoms with E-state index < -0.39 is 0 Å². The van der Waals surface area contributed by atoms with Crippen molar-refractivity contribution in [1.29, 1.82) is 0 Å². The number of furan rings is 1. The minimum atomic E-state index is -0.0242. The van der Waals surface area contributed by atoms with Crippen LogP contribution in [0.4, 0.5) is 0 Å². The lowest BCUT2D eigenvalue weighted by molar-refractivity contribution is -0.102. The van der Waals surface area contributed by atoms with Crippen LogP contribution in [0.5, 0.6) is 0 Å². The average molecular weight is 308 g/mol. The van der Waals surface area contributed by atoms with Crippen molar-refractivity contribution >= 4 is 5.91 Å². The van der Waals surface area contributed by atoms with E-state index in [2.05, 4.69) is 4.90 Å². The Morgan fingerprint density at radius 1 is 1.41 bits per heavy atom. The second kappa shape index (κ2) is 6.81. The van der Waals surface area contributed by atoms with E-state index in [1.807, 2.05) is 17.9 Å². The number of carbonyl (C=O) groups is 1. The highest BCUT2D eigenvalue weighted by Gasteiger charge is 2.38. The van der Waals surface area contributed by atoms with Crippen molar-refractivity contribution in [2.75, 3.05) is 46.5 Å². The molecule has 6 heteroatoms. The number of amides is 1. The molecule has 0 unspecified atom stereocenters. The number of fused-ring (bicyclic) bond motifs is 1. The third kappa shape index (κ3) is 3.19. The summed E-state index contributed by atoms with van der Waals surface area (Å²) >= 11 is 0. The van der Waals surface area contributed by atoms with Crippen molar-refractivity contribution in [3.63, 3.8) is 0 Å². The second-order valence-electron chi connectivity index (χ2n) is 5.96. The zero-order chi connectivity index (χ0) is 15.5. The Bertz CT molecular complexity index is 516. The summed E-state index contributed by atoms with van der Waals surface area (Å²) in [6, 6.07) is 3.83. The summed E-state index contributed by atoms with van der Waals surface area (Å²) in [4.78, 5) is 16.8. The number of piperidine rings is 1. The Balaban J connectivity index is 1.67. The largest absolute Gasteiger partial charge is 0.456 e. The van der Waals surface area contributed by atoms with Gasteiger partial charge in [0.05, 0.1) is 25.4 Å².